The Bertz CT molecular complexity index is 1340. The molecule has 1 atom stereocenters. The van der Waals surface area contributed by atoms with E-state index in [0.29, 0.717) is 5.56 Å². The van der Waals surface area contributed by atoms with Crippen LogP contribution < -0.4 is 4.74 Å². The van der Waals surface area contributed by atoms with Gasteiger partial charge in [-0.1, -0.05) is 0 Å². The first-order chi connectivity index (χ1) is 15.1. The Morgan fingerprint density at radius 3 is 2.90 bits per heavy atom. The number of fused-ring (bicyclic) bond motifs is 2. The average molecular weight is 410 g/mol. The normalized spacial score (nSPS) is 15.8. The maximum atomic E-state index is 9.16. The molecule has 0 radical (unpaired) electrons. The summed E-state index contributed by atoms with van der Waals surface area (Å²) in [6.45, 7) is 2.05. The van der Waals surface area contributed by atoms with Crippen molar-refractivity contribution in [2.75, 3.05) is 0 Å². The second-order valence-corrected chi connectivity index (χ2v) is 7.91. The molecule has 4 aromatic rings. The molecule has 0 N–H and O–H groups in total. The zero-order valence-electron chi connectivity index (χ0n) is 17.5. The van der Waals surface area contributed by atoms with Crippen molar-refractivity contribution in [3.8, 4) is 11.8 Å². The number of nitriles is 1. The number of aryl methyl sites for hydroxylation is 3. The SMILES string of the molecule is Cc1cc2cnn(C=Cc3cnn(C)c3)c2cc1OC1CCCc2cc(C#N)cnc21. The van der Waals surface area contributed by atoms with Gasteiger partial charge in [0.05, 0.1) is 29.2 Å². The van der Waals surface area contributed by atoms with Crippen LogP contribution in [-0.4, -0.2) is 24.5 Å². The summed E-state index contributed by atoms with van der Waals surface area (Å²) in [5, 5.41) is 18.9. The standard InChI is InChI=1S/C24H22N6O/c1-16-8-20-14-28-30(7-6-17-13-27-29(2)15-17)21(20)10-23(16)31-22-5-3-4-19-9-18(11-25)12-26-24(19)22/h6-10,12-15,22H,3-5H2,1-2H3. The Kier molecular flexibility index (Phi) is 4.75. The van der Waals surface area contributed by atoms with Crippen LogP contribution in [0.25, 0.3) is 23.2 Å². The van der Waals surface area contributed by atoms with Gasteiger partial charge < -0.3 is 4.74 Å². The molecule has 31 heavy (non-hydrogen) atoms. The lowest BCUT2D eigenvalue weighted by Crippen LogP contribution is -2.17. The first-order valence-corrected chi connectivity index (χ1v) is 10.3. The van der Waals surface area contributed by atoms with Crippen molar-refractivity contribution in [1.29, 1.82) is 5.26 Å². The first-order valence-electron chi connectivity index (χ1n) is 10.3. The van der Waals surface area contributed by atoms with E-state index in [-0.39, 0.29) is 6.10 Å². The van der Waals surface area contributed by atoms with E-state index in [4.69, 9.17) is 10.00 Å². The largest absolute Gasteiger partial charge is 0.484 e. The van der Waals surface area contributed by atoms with Crippen LogP contribution >= 0.6 is 0 Å². The molecule has 7 nitrogen and oxygen atoms in total. The topological polar surface area (TPSA) is 81.5 Å². The van der Waals surface area contributed by atoms with Crippen molar-refractivity contribution in [1.82, 2.24) is 24.5 Å². The highest BCUT2D eigenvalue weighted by atomic mass is 16.5. The van der Waals surface area contributed by atoms with E-state index in [0.717, 1.165) is 58.3 Å². The lowest BCUT2D eigenvalue weighted by Gasteiger charge is -2.26. The number of benzene rings is 1. The number of hydrogen-bond donors (Lipinski definition) is 0. The van der Waals surface area contributed by atoms with Gasteiger partial charge in [-0.05, 0) is 55.5 Å². The molecule has 0 spiro atoms. The summed E-state index contributed by atoms with van der Waals surface area (Å²) in [6.07, 6.45) is 13.9. The van der Waals surface area contributed by atoms with Gasteiger partial charge in [-0.15, -0.1) is 0 Å². The van der Waals surface area contributed by atoms with E-state index < -0.39 is 0 Å². The number of rotatable bonds is 4. The number of aromatic nitrogens is 5. The van der Waals surface area contributed by atoms with E-state index in [1.165, 1.54) is 0 Å². The van der Waals surface area contributed by atoms with Crippen LogP contribution in [0.1, 0.15) is 46.9 Å². The summed E-state index contributed by atoms with van der Waals surface area (Å²) in [5.74, 6) is 0.827. The molecule has 1 aliphatic rings. The van der Waals surface area contributed by atoms with Crippen LogP contribution in [0.15, 0.2) is 43.0 Å². The minimum Gasteiger partial charge on any atom is -0.484 e. The number of hydrogen-bond acceptors (Lipinski definition) is 5. The molecule has 1 aliphatic carbocycles. The van der Waals surface area contributed by atoms with Crippen LogP contribution in [0.4, 0.5) is 0 Å². The van der Waals surface area contributed by atoms with Crippen LogP contribution in [0.3, 0.4) is 0 Å². The zero-order chi connectivity index (χ0) is 21.4. The van der Waals surface area contributed by atoms with Crippen LogP contribution in [0.5, 0.6) is 5.75 Å². The molecule has 0 bridgehead atoms. The summed E-state index contributed by atoms with van der Waals surface area (Å²) < 4.78 is 10.1. The summed E-state index contributed by atoms with van der Waals surface area (Å²) in [7, 11) is 1.90. The van der Waals surface area contributed by atoms with Crippen molar-refractivity contribution in [3.63, 3.8) is 0 Å². The molecule has 5 rings (SSSR count). The van der Waals surface area contributed by atoms with Crippen molar-refractivity contribution >= 4 is 23.2 Å². The fraction of sp³-hybridized carbons (Fsp3) is 0.250. The molecule has 0 saturated heterocycles. The van der Waals surface area contributed by atoms with Crippen molar-refractivity contribution in [2.45, 2.75) is 32.3 Å². The highest BCUT2D eigenvalue weighted by Gasteiger charge is 2.24. The van der Waals surface area contributed by atoms with Gasteiger partial charge in [0.15, 0.2) is 0 Å². The zero-order valence-corrected chi connectivity index (χ0v) is 17.5. The Labute approximate surface area is 180 Å². The molecule has 7 heteroatoms. The quantitative estimate of drug-likeness (QED) is 0.497. The second kappa shape index (κ2) is 7.73. The van der Waals surface area contributed by atoms with Gasteiger partial charge in [0, 0.05) is 42.7 Å². The highest BCUT2D eigenvalue weighted by Crippen LogP contribution is 2.35. The molecule has 0 saturated carbocycles. The van der Waals surface area contributed by atoms with E-state index in [1.807, 2.05) is 61.7 Å². The molecular formula is C24H22N6O. The van der Waals surface area contributed by atoms with E-state index in [2.05, 4.69) is 27.3 Å². The predicted molar refractivity (Wildman–Crippen MR) is 118 cm³/mol. The number of pyridine rings is 1. The molecule has 154 valence electrons. The smallest absolute Gasteiger partial charge is 0.141 e. The number of ether oxygens (including phenoxy) is 1. The lowest BCUT2D eigenvalue weighted by molar-refractivity contribution is 0.177. The number of nitrogens with zero attached hydrogens (tertiary/aromatic N) is 6. The van der Waals surface area contributed by atoms with E-state index in [9.17, 15) is 0 Å². The fourth-order valence-corrected chi connectivity index (χ4v) is 4.07. The summed E-state index contributed by atoms with van der Waals surface area (Å²) in [4.78, 5) is 4.55. The molecule has 1 aromatic carbocycles. The Hall–Kier alpha value is -3.92. The van der Waals surface area contributed by atoms with Gasteiger partial charge in [-0.3, -0.25) is 9.67 Å². The molecular weight excluding hydrogens is 388 g/mol. The summed E-state index contributed by atoms with van der Waals surface area (Å²) in [6, 6.07) is 8.26. The minimum absolute atomic E-state index is 0.116. The van der Waals surface area contributed by atoms with Gasteiger partial charge >= 0.3 is 0 Å². The molecule has 3 heterocycles. The fourth-order valence-electron chi connectivity index (χ4n) is 4.07. The minimum atomic E-state index is -0.116. The third-order valence-corrected chi connectivity index (χ3v) is 5.64. The maximum absolute atomic E-state index is 9.16. The van der Waals surface area contributed by atoms with Crippen LogP contribution in [-0.2, 0) is 13.5 Å². The average Bonchev–Trinajstić information content (AvgIpc) is 3.37. The highest BCUT2D eigenvalue weighted by molar-refractivity contribution is 5.84. The summed E-state index contributed by atoms with van der Waals surface area (Å²) >= 11 is 0. The van der Waals surface area contributed by atoms with Gasteiger partial charge in [0.25, 0.3) is 0 Å². The Balaban J connectivity index is 1.46. The predicted octanol–water partition coefficient (Wildman–Crippen LogP) is 4.43. The van der Waals surface area contributed by atoms with Crippen molar-refractivity contribution < 1.29 is 4.74 Å². The Morgan fingerprint density at radius 2 is 2.10 bits per heavy atom. The lowest BCUT2D eigenvalue weighted by atomic mass is 9.92. The van der Waals surface area contributed by atoms with Gasteiger partial charge in [0.1, 0.15) is 17.9 Å². The summed E-state index contributed by atoms with van der Waals surface area (Å²) in [5.41, 5.74) is 5.69. The third kappa shape index (κ3) is 3.68. The maximum Gasteiger partial charge on any atom is 0.141 e. The Morgan fingerprint density at radius 1 is 1.19 bits per heavy atom. The van der Waals surface area contributed by atoms with E-state index in [1.54, 1.807) is 10.9 Å². The van der Waals surface area contributed by atoms with Crippen LogP contribution in [0, 0.1) is 18.3 Å². The monoisotopic (exact) mass is 410 g/mol. The van der Waals surface area contributed by atoms with Gasteiger partial charge in [-0.25, -0.2) is 4.68 Å². The van der Waals surface area contributed by atoms with Crippen LogP contribution in [0.2, 0.25) is 0 Å². The van der Waals surface area contributed by atoms with Crippen molar-refractivity contribution in [2.24, 2.45) is 7.05 Å². The molecule has 0 aliphatic heterocycles. The molecule has 0 fully saturated rings. The molecule has 3 aromatic heterocycles. The van der Waals surface area contributed by atoms with Crippen molar-refractivity contribution in [3.05, 3.63) is 70.9 Å². The van der Waals surface area contributed by atoms with E-state index >= 15 is 0 Å². The first kappa shape index (κ1) is 19.1. The second-order valence-electron chi connectivity index (χ2n) is 7.91. The molecule has 0 amide bonds. The van der Waals surface area contributed by atoms with Gasteiger partial charge in [0.2, 0.25) is 0 Å². The van der Waals surface area contributed by atoms with Gasteiger partial charge in [-0.2, -0.15) is 15.5 Å². The third-order valence-electron chi connectivity index (χ3n) is 5.64. The molecule has 1 unspecified atom stereocenters.